The molecule has 0 spiro atoms. The molecule has 3 rings (SSSR count). The molecule has 0 aliphatic heterocycles. The molecule has 3 aromatic rings. The quantitative estimate of drug-likeness (QED) is 0.651. The highest BCUT2D eigenvalue weighted by Crippen LogP contribution is 2.25. The Labute approximate surface area is 103 Å². The van der Waals surface area contributed by atoms with Crippen molar-refractivity contribution in [2.24, 2.45) is 0 Å². The fourth-order valence-electron chi connectivity index (χ4n) is 1.79. The maximum absolute atomic E-state index is 5.99. The van der Waals surface area contributed by atoms with E-state index >= 15 is 0 Å². The molecular weight excluding hydrogens is 236 g/mol. The van der Waals surface area contributed by atoms with Gasteiger partial charge in [-0.25, -0.2) is 9.50 Å². The predicted molar refractivity (Wildman–Crippen MR) is 65.8 cm³/mol. The van der Waals surface area contributed by atoms with Gasteiger partial charge in [-0.05, 0) is 18.2 Å². The fourth-order valence-corrected chi connectivity index (χ4v) is 2.04. The normalized spacial score (nSPS) is 10.9. The Hall–Kier alpha value is -1.94. The molecule has 5 heteroatoms. The first-order chi connectivity index (χ1) is 8.40. The van der Waals surface area contributed by atoms with Gasteiger partial charge in [0.15, 0.2) is 5.65 Å². The topological polar surface area (TPSA) is 43.1 Å². The largest absolute Gasteiger partial charge is 0.264 e. The van der Waals surface area contributed by atoms with Crippen LogP contribution < -0.4 is 0 Å². The Morgan fingerprint density at radius 2 is 2.18 bits per heavy atom. The molecule has 3 aromatic heterocycles. The van der Waals surface area contributed by atoms with E-state index in [0.29, 0.717) is 5.88 Å². The smallest absolute Gasteiger partial charge is 0.159 e. The number of nitrogens with zero attached hydrogens (tertiary/aromatic N) is 4. The van der Waals surface area contributed by atoms with E-state index in [2.05, 4.69) is 15.1 Å². The summed E-state index contributed by atoms with van der Waals surface area (Å²) in [5.74, 6) is 0.380. The third-order valence-electron chi connectivity index (χ3n) is 2.56. The van der Waals surface area contributed by atoms with Gasteiger partial charge in [-0.1, -0.05) is 0 Å². The van der Waals surface area contributed by atoms with Gasteiger partial charge in [0.2, 0.25) is 0 Å². The van der Waals surface area contributed by atoms with Gasteiger partial charge < -0.3 is 0 Å². The summed E-state index contributed by atoms with van der Waals surface area (Å²) in [6.45, 7) is 0. The number of hydrogen-bond donors (Lipinski definition) is 0. The molecule has 3 heterocycles. The van der Waals surface area contributed by atoms with Crippen LogP contribution in [0.4, 0.5) is 0 Å². The number of aromatic nitrogens is 4. The number of alkyl halides is 1. The minimum Gasteiger partial charge on any atom is -0.264 e. The zero-order valence-electron chi connectivity index (χ0n) is 8.92. The van der Waals surface area contributed by atoms with Crippen LogP contribution in [-0.2, 0) is 5.88 Å². The number of pyridine rings is 1. The zero-order valence-corrected chi connectivity index (χ0v) is 9.67. The van der Waals surface area contributed by atoms with Crippen molar-refractivity contribution in [3.63, 3.8) is 0 Å². The molecule has 0 aromatic carbocycles. The first-order valence-corrected chi connectivity index (χ1v) is 5.72. The minimum atomic E-state index is 0.380. The molecule has 4 nitrogen and oxygen atoms in total. The maximum Gasteiger partial charge on any atom is 0.159 e. The molecule has 0 radical (unpaired) electrons. The number of hydrogen-bond acceptors (Lipinski definition) is 3. The summed E-state index contributed by atoms with van der Waals surface area (Å²) in [6.07, 6.45) is 7.11. The van der Waals surface area contributed by atoms with Gasteiger partial charge >= 0.3 is 0 Å². The second kappa shape index (κ2) is 4.14. The van der Waals surface area contributed by atoms with Crippen molar-refractivity contribution in [3.05, 3.63) is 48.5 Å². The molecular formula is C12H9ClN4. The summed E-state index contributed by atoms with van der Waals surface area (Å²) >= 11 is 5.99. The number of fused-ring (bicyclic) bond motifs is 1. The third kappa shape index (κ3) is 1.66. The van der Waals surface area contributed by atoms with Crippen LogP contribution in [0.25, 0.3) is 16.9 Å². The van der Waals surface area contributed by atoms with E-state index in [1.54, 1.807) is 23.1 Å². The van der Waals surface area contributed by atoms with Crippen LogP contribution in [0.1, 0.15) is 5.56 Å². The molecule has 0 fully saturated rings. The molecule has 84 valence electrons. The summed E-state index contributed by atoms with van der Waals surface area (Å²) in [6, 6.07) is 5.68. The van der Waals surface area contributed by atoms with E-state index < -0.39 is 0 Å². The summed E-state index contributed by atoms with van der Waals surface area (Å²) in [5.41, 5.74) is 3.52. The molecule has 0 aliphatic carbocycles. The van der Waals surface area contributed by atoms with Gasteiger partial charge in [0.25, 0.3) is 0 Å². The van der Waals surface area contributed by atoms with Gasteiger partial charge in [0.05, 0.1) is 5.88 Å². The van der Waals surface area contributed by atoms with Gasteiger partial charge in [0, 0.05) is 35.9 Å². The Bertz CT molecular complexity index is 648. The van der Waals surface area contributed by atoms with Crippen LogP contribution in [-0.4, -0.2) is 19.6 Å². The van der Waals surface area contributed by atoms with E-state index in [-0.39, 0.29) is 0 Å². The van der Waals surface area contributed by atoms with Gasteiger partial charge in [-0.3, -0.25) is 4.98 Å². The summed E-state index contributed by atoms with van der Waals surface area (Å²) in [4.78, 5) is 8.39. The van der Waals surface area contributed by atoms with E-state index in [4.69, 9.17) is 11.6 Å². The van der Waals surface area contributed by atoms with Crippen molar-refractivity contribution in [1.29, 1.82) is 0 Å². The van der Waals surface area contributed by atoms with Crippen LogP contribution in [0, 0.1) is 0 Å². The summed E-state index contributed by atoms with van der Waals surface area (Å²) in [7, 11) is 0. The second-order valence-electron chi connectivity index (χ2n) is 3.59. The van der Waals surface area contributed by atoms with Crippen molar-refractivity contribution in [1.82, 2.24) is 19.6 Å². The number of rotatable bonds is 2. The van der Waals surface area contributed by atoms with Crippen LogP contribution in [0.5, 0.6) is 0 Å². The SMILES string of the molecule is ClCc1c(-c2cccnc2)nn2cccnc12. The highest BCUT2D eigenvalue weighted by atomic mass is 35.5. The summed E-state index contributed by atoms with van der Waals surface area (Å²) < 4.78 is 1.74. The molecule has 0 saturated carbocycles. The lowest BCUT2D eigenvalue weighted by Gasteiger charge is -1.97. The Balaban J connectivity index is 2.30. The Morgan fingerprint density at radius 1 is 1.24 bits per heavy atom. The highest BCUT2D eigenvalue weighted by molar-refractivity contribution is 6.18. The maximum atomic E-state index is 5.99. The van der Waals surface area contributed by atoms with E-state index in [0.717, 1.165) is 22.5 Å². The van der Waals surface area contributed by atoms with Crippen molar-refractivity contribution in [3.8, 4) is 11.3 Å². The Morgan fingerprint density at radius 3 is 2.94 bits per heavy atom. The van der Waals surface area contributed by atoms with Crippen LogP contribution in [0.3, 0.4) is 0 Å². The Kier molecular flexibility index (Phi) is 2.49. The molecule has 0 unspecified atom stereocenters. The average molecular weight is 245 g/mol. The lowest BCUT2D eigenvalue weighted by atomic mass is 10.1. The molecule has 0 saturated heterocycles. The fraction of sp³-hybridized carbons (Fsp3) is 0.0833. The molecule has 0 bridgehead atoms. The van der Waals surface area contributed by atoms with E-state index in [1.165, 1.54) is 0 Å². The molecule has 0 aliphatic rings. The predicted octanol–water partition coefficient (Wildman–Crippen LogP) is 2.53. The van der Waals surface area contributed by atoms with Crippen LogP contribution in [0.15, 0.2) is 43.0 Å². The first-order valence-electron chi connectivity index (χ1n) is 5.19. The monoisotopic (exact) mass is 244 g/mol. The molecule has 0 amide bonds. The average Bonchev–Trinajstić information content (AvgIpc) is 2.78. The first kappa shape index (κ1) is 10.2. The highest BCUT2D eigenvalue weighted by Gasteiger charge is 2.14. The van der Waals surface area contributed by atoms with Gasteiger partial charge in [0.1, 0.15) is 5.69 Å². The zero-order chi connectivity index (χ0) is 11.7. The second-order valence-corrected chi connectivity index (χ2v) is 3.86. The molecule has 17 heavy (non-hydrogen) atoms. The van der Waals surface area contributed by atoms with E-state index in [9.17, 15) is 0 Å². The lowest BCUT2D eigenvalue weighted by Crippen LogP contribution is -1.87. The van der Waals surface area contributed by atoms with Crippen molar-refractivity contribution in [2.75, 3.05) is 0 Å². The van der Waals surface area contributed by atoms with Gasteiger partial charge in [-0.2, -0.15) is 5.10 Å². The third-order valence-corrected chi connectivity index (χ3v) is 2.83. The van der Waals surface area contributed by atoms with E-state index in [1.807, 2.05) is 24.4 Å². The van der Waals surface area contributed by atoms with Crippen LogP contribution >= 0.6 is 11.6 Å². The van der Waals surface area contributed by atoms with Crippen molar-refractivity contribution in [2.45, 2.75) is 5.88 Å². The minimum absolute atomic E-state index is 0.380. The standard InChI is InChI=1S/C12H9ClN4/c13-7-10-11(9-3-1-4-14-8-9)16-17-6-2-5-15-12(10)17/h1-6,8H,7H2. The molecule has 0 N–H and O–H groups in total. The number of halogens is 1. The van der Waals surface area contributed by atoms with Crippen LogP contribution in [0.2, 0.25) is 0 Å². The lowest BCUT2D eigenvalue weighted by molar-refractivity contribution is 0.942. The van der Waals surface area contributed by atoms with Crippen molar-refractivity contribution >= 4 is 17.2 Å². The van der Waals surface area contributed by atoms with Gasteiger partial charge in [-0.15, -0.1) is 11.6 Å². The molecule has 0 atom stereocenters. The van der Waals surface area contributed by atoms with Crippen molar-refractivity contribution < 1.29 is 0 Å². The summed E-state index contributed by atoms with van der Waals surface area (Å²) in [5, 5.41) is 4.48.